The zero-order valence-corrected chi connectivity index (χ0v) is 101. The molecule has 16 bridgehead atoms. The third kappa shape index (κ3) is 25.4. The fourth-order valence-corrected chi connectivity index (χ4v) is 18.8. The van der Waals surface area contributed by atoms with Gasteiger partial charge in [-0.25, -0.2) is 58.7 Å². The molecule has 0 aliphatic carbocycles. The van der Waals surface area contributed by atoms with E-state index in [1.807, 2.05) is 0 Å². The van der Waals surface area contributed by atoms with E-state index >= 15 is 0 Å². The quantitative estimate of drug-likeness (QED) is 0.0187. The van der Waals surface area contributed by atoms with Crippen LogP contribution in [0.3, 0.4) is 0 Å². The Hall–Kier alpha value is -7.63. The van der Waals surface area contributed by atoms with Crippen LogP contribution in [0.5, 0.6) is 46.0 Å². The Morgan fingerprint density at radius 1 is 0.243 bits per heavy atom. The summed E-state index contributed by atoms with van der Waals surface area (Å²) < 4.78 is 176. The number of sulfonamides is 1. The maximum absolute atomic E-state index is 12.4. The molecule has 0 atom stereocenters. The molecule has 4 aliphatic rings. The number of aromatic nitrogens is 16. The molecule has 0 saturated carbocycles. The molecule has 18 aromatic rings. The number of benzene rings is 12. The van der Waals surface area contributed by atoms with Crippen LogP contribution in [0.15, 0.2) is 282 Å². The second-order valence-electron chi connectivity index (χ2n) is 29.7. The Bertz CT molecular complexity index is 9180. The smallest absolute Gasteiger partial charge is 0.744 e. The van der Waals surface area contributed by atoms with E-state index in [2.05, 4.69) is 48.1 Å². The van der Waals surface area contributed by atoms with Gasteiger partial charge in [0.1, 0.15) is 76.4 Å². The van der Waals surface area contributed by atoms with Gasteiger partial charge in [-0.05, 0) is 237 Å². The number of nitrogens with two attached hydrogens (primary N) is 2. The summed E-state index contributed by atoms with van der Waals surface area (Å²) in [6.45, 7) is 0. The zero-order chi connectivity index (χ0) is 96.6. The molecule has 4 aliphatic heterocycles. The first-order valence-corrected chi connectivity index (χ1v) is 48.5. The van der Waals surface area contributed by atoms with Gasteiger partial charge in [0, 0.05) is 148 Å². The fraction of sp³-hybridized carbons (Fsp3) is 0. The van der Waals surface area contributed by atoms with Gasteiger partial charge in [-0.15, -0.1) is 9.32 Å². The largest absolute Gasteiger partial charge is 1.00 e. The summed E-state index contributed by atoms with van der Waals surface area (Å²) in [5, 5.41) is 51.0. The molecule has 44 nitrogen and oxygen atoms in total. The normalized spacial score (nSPS) is 11.6. The van der Waals surface area contributed by atoms with E-state index < -0.39 is 55.1 Å². The van der Waals surface area contributed by atoms with Crippen molar-refractivity contribution in [1.82, 2.24) is 79.7 Å². The predicted octanol–water partition coefficient (Wildman–Crippen LogP) is -5.68. The second kappa shape index (κ2) is 49.4. The Labute approximate surface area is 1010 Å². The first kappa shape index (κ1) is 117. The molecule has 12 aromatic carbocycles. The fourth-order valence-electron chi connectivity index (χ4n) is 15.2. The van der Waals surface area contributed by atoms with E-state index in [1.165, 1.54) is 48.5 Å². The molecular weight excluding hydrogens is 2250 g/mol. The van der Waals surface area contributed by atoms with E-state index in [0.29, 0.717) is 150 Å². The van der Waals surface area contributed by atoms with Gasteiger partial charge in [0.15, 0.2) is 0 Å². The number of hydrogen-bond acceptors (Lipinski definition) is 43. The summed E-state index contributed by atoms with van der Waals surface area (Å²) in [5.41, 5.74) is 4.06. The van der Waals surface area contributed by atoms with Crippen LogP contribution in [0.25, 0.3) is 179 Å². The van der Waals surface area contributed by atoms with Crippen LogP contribution in [0.2, 0.25) is 0 Å². The minimum atomic E-state index is -4.93. The van der Waals surface area contributed by atoms with Gasteiger partial charge in [0.05, 0.1) is 114 Å². The van der Waals surface area contributed by atoms with Gasteiger partial charge in [-0.3, -0.25) is 15.1 Å². The van der Waals surface area contributed by atoms with Crippen LogP contribution in [0.1, 0.15) is 0 Å². The number of hydrogen-bond donors (Lipinski definition) is 2. The van der Waals surface area contributed by atoms with E-state index in [4.69, 9.17) is 99.1 Å². The molecule has 704 valence electrons. The minimum Gasteiger partial charge on any atom is -0.744 e. The monoisotopic (exact) mass is 2290 g/mol. The van der Waals surface area contributed by atoms with Gasteiger partial charge in [-0.2, -0.15) is 18.9 Å². The van der Waals surface area contributed by atoms with E-state index in [-0.39, 0.29) is 352 Å². The van der Waals surface area contributed by atoms with Gasteiger partial charge >= 0.3 is 177 Å². The Balaban J connectivity index is 0.000000251. The molecule has 0 unspecified atom stereocenters. The molecule has 0 fully saturated rings. The van der Waals surface area contributed by atoms with Crippen molar-refractivity contribution < 1.29 is 336 Å². The van der Waals surface area contributed by atoms with Crippen LogP contribution in [0, 0.1) is 0 Å². The Morgan fingerprint density at radius 2 is 0.500 bits per heavy atom. The topological polar surface area (TPSA) is 649 Å². The van der Waals surface area contributed by atoms with Crippen molar-refractivity contribution in [3.8, 4) is 137 Å². The molecular formula is C88H44N18Na6O26S8Zn2-4. The van der Waals surface area contributed by atoms with Crippen molar-refractivity contribution in [2.45, 2.75) is 39.2 Å². The van der Waals surface area contributed by atoms with Crippen LogP contribution >= 0.6 is 48.2 Å². The zero-order valence-electron chi connectivity index (χ0n) is 76.7. The van der Waals surface area contributed by atoms with Gasteiger partial charge in [0.2, 0.25) is 10.0 Å². The van der Waals surface area contributed by atoms with Crippen molar-refractivity contribution in [3.63, 3.8) is 0 Å². The summed E-state index contributed by atoms with van der Waals surface area (Å²) in [7, 11) is -18.8. The summed E-state index contributed by atoms with van der Waals surface area (Å²) in [6.07, 6.45) is 0. The van der Waals surface area contributed by atoms with E-state index in [9.17, 15) is 63.1 Å². The van der Waals surface area contributed by atoms with E-state index in [1.54, 1.807) is 158 Å². The molecule has 148 heavy (non-hydrogen) atoms. The number of primary sulfonamides is 1. The summed E-state index contributed by atoms with van der Waals surface area (Å²) in [6, 6.07) is 61.4. The number of ether oxygens (including phenoxy) is 4. The number of nitrogens with zero attached hydrogens (tertiary/aromatic N) is 16. The second-order valence-corrected chi connectivity index (χ2v) is 38.5. The van der Waals surface area contributed by atoms with Crippen molar-refractivity contribution in [1.29, 1.82) is 0 Å². The van der Waals surface area contributed by atoms with E-state index in [0.717, 1.165) is 48.4 Å². The standard InChI is InChI=1S/C56H32N8O16S4.C32H18N10O10S4.6Na.2Zn/c65-77-79-81-37-9-1-5-29(21-37)73-33-13-17-41-45(25-33)54-58-49(41)57-53-46-26-34(74-30-6-2-10-38(22-30)82-80-78-66)14-18-42(46)50(59-53)61-55-48-28-36(76-32-8-4-12-40(24-32)84(70,71)72)16-20-44(48)52(63-55)64-56-47-27-35(15-19-43(47)51(60-54)62-56)75-31-7-3-11-39(23-31)83(67,68)69;33-49-51-53-13-1-5-17-21(9-13)29-36-25(17)35-27-19-7-3-15(55(34,44)45)11-23(19)31(39-27)40-28-20-8-4-16(56(46,47)48)12-24(20)32(41-28)42-30-22-10-14(54-52-50-43)2-6-18(22)26(37-29)38-30;;;;;;;;/h1-28H,(H4-2,57,58,59,60,61,62,63,64,65,66,67,68,69,70,71,72);1-12H,33H2,(H4-2,34,35,36,37,38,39,40,41,42,43,44,45,46,47,48);;;;;;;;/q2*-2;6*+1;;/p-6. The molecule has 4 N–H and O–H groups in total. The van der Waals surface area contributed by atoms with Crippen LogP contribution in [0.4, 0.5) is 0 Å². The first-order chi connectivity index (χ1) is 67.5. The third-order valence-electron chi connectivity index (χ3n) is 21.2. The maximum atomic E-state index is 12.4. The van der Waals surface area contributed by atoms with Gasteiger partial charge < -0.3 is 108 Å². The average molecular weight is 2290 g/mol. The minimum absolute atomic E-state index is 0. The Morgan fingerprint density at radius 3 is 0.872 bits per heavy atom. The number of fused-ring (bicyclic) bond motifs is 40. The van der Waals surface area contributed by atoms with Crippen LogP contribution in [-0.2, 0) is 117 Å². The molecule has 6 aromatic heterocycles. The molecule has 22 rings (SSSR count). The summed E-state index contributed by atoms with van der Waals surface area (Å²) in [4.78, 5) is 82.3. The first-order valence-electron chi connectivity index (χ1n) is 39.7. The third-order valence-corrected chi connectivity index (χ3v) is 26.9. The SMILES string of the molecule is NOOSc1ccc2c3nc4nc(nc5[n-]c(nc6nc(nc([n-]3)c2c1)-c1ccc(SOO[O-])cc1-6)c1cc(S(=O)(=O)[O-])ccc51)-c1cc(S(N)(=O)=O)ccc1-4.O=S(=O)([O-])c1cccc(Oc2ccc3c(c2)-c2nc-3nc3[n-]c(nc4nc(nc5[n-]c(n2)c2ccc(Oc6cccc(SOO[O-])c6)cc52)-c2ccc(Oc5cccc(SOO[O-])c5)cc2-4)c2ccc(Oc4cccc(S(=O)(=O)[O-])c4)cc32)c1.[Na+].[Na+].[Na+].[Na+].[Na+].[Na+].[Zn].[Zn]. The number of rotatable bonds is 24. The molecule has 0 amide bonds. The van der Waals surface area contributed by atoms with Crippen molar-refractivity contribution in [3.05, 3.63) is 243 Å². The van der Waals surface area contributed by atoms with Gasteiger partial charge in [0.25, 0.3) is 0 Å². The molecule has 0 spiro atoms. The molecule has 0 saturated heterocycles. The van der Waals surface area contributed by atoms with Crippen molar-refractivity contribution in [2.24, 2.45) is 11.0 Å². The Kier molecular flexibility index (Phi) is 39.2. The maximum Gasteiger partial charge on any atom is 1.00 e. The van der Waals surface area contributed by atoms with Crippen LogP contribution in [-0.4, -0.2) is 107 Å². The van der Waals surface area contributed by atoms with Crippen molar-refractivity contribution >= 4 is 177 Å². The van der Waals surface area contributed by atoms with Crippen molar-refractivity contribution in [2.75, 3.05) is 0 Å². The molecule has 60 heteroatoms. The summed E-state index contributed by atoms with van der Waals surface area (Å²) in [5.74, 6) is 7.86. The molecule has 10 heterocycles. The van der Waals surface area contributed by atoms with Gasteiger partial charge in [-0.1, -0.05) is 48.5 Å². The average Bonchev–Trinajstić information content (AvgIpc) is 1.55. The summed E-state index contributed by atoms with van der Waals surface area (Å²) >= 11 is 2.84. The van der Waals surface area contributed by atoms with Crippen LogP contribution < -0.4 is 243 Å². The predicted molar refractivity (Wildman–Crippen MR) is 486 cm³/mol. The molecule has 0 radical (unpaired) electrons.